The van der Waals surface area contributed by atoms with Gasteiger partial charge in [0.25, 0.3) is 0 Å². The summed E-state index contributed by atoms with van der Waals surface area (Å²) in [6.45, 7) is 3.54. The van der Waals surface area contributed by atoms with Gasteiger partial charge in [-0.05, 0) is 37.5 Å². The minimum absolute atomic E-state index is 0.485. The largest absolute Gasteiger partial charge is 0.328 e. The van der Waals surface area contributed by atoms with Crippen LogP contribution in [0.3, 0.4) is 0 Å². The predicted octanol–water partition coefficient (Wildman–Crippen LogP) is 1.26. The van der Waals surface area contributed by atoms with Gasteiger partial charge >= 0.3 is 0 Å². The highest BCUT2D eigenvalue weighted by Crippen LogP contribution is 2.48. The van der Waals surface area contributed by atoms with Gasteiger partial charge in [-0.25, -0.2) is 0 Å². The van der Waals surface area contributed by atoms with E-state index in [1.54, 1.807) is 0 Å². The number of rotatable bonds is 4. The Balaban J connectivity index is 1.63. The highest BCUT2D eigenvalue weighted by Gasteiger charge is 2.41. The summed E-state index contributed by atoms with van der Waals surface area (Å²) in [4.78, 5) is 0. The lowest BCUT2D eigenvalue weighted by Gasteiger charge is -2.34. The number of nitrogens with two attached hydrogens (primary N) is 1. The van der Waals surface area contributed by atoms with Crippen LogP contribution in [-0.2, 0) is 0 Å². The average molecular weight is 168 g/mol. The first-order valence-electron chi connectivity index (χ1n) is 5.23. The van der Waals surface area contributed by atoms with E-state index in [-0.39, 0.29) is 0 Å². The van der Waals surface area contributed by atoms with Gasteiger partial charge in [-0.3, -0.25) is 0 Å². The summed E-state index contributed by atoms with van der Waals surface area (Å²) >= 11 is 0. The van der Waals surface area contributed by atoms with E-state index in [0.29, 0.717) is 11.5 Å². The molecule has 0 atom stereocenters. The van der Waals surface area contributed by atoms with Crippen molar-refractivity contribution in [1.82, 2.24) is 5.32 Å². The molecule has 0 amide bonds. The van der Waals surface area contributed by atoms with Gasteiger partial charge < -0.3 is 11.1 Å². The summed E-state index contributed by atoms with van der Waals surface area (Å²) in [6, 6.07) is 1.23. The third-order valence-electron chi connectivity index (χ3n) is 3.65. The van der Waals surface area contributed by atoms with E-state index < -0.39 is 0 Å². The molecule has 0 spiro atoms. The molecule has 2 heteroatoms. The molecule has 2 aliphatic rings. The van der Waals surface area contributed by atoms with E-state index in [0.717, 1.165) is 6.04 Å². The lowest BCUT2D eigenvalue weighted by molar-refractivity contribution is 0.270. The fourth-order valence-corrected chi connectivity index (χ4v) is 2.02. The summed E-state index contributed by atoms with van der Waals surface area (Å²) in [6.07, 6.45) is 6.61. The number of nitrogens with one attached hydrogen (secondary N) is 1. The number of hydrogen-bond donors (Lipinski definition) is 2. The van der Waals surface area contributed by atoms with Crippen LogP contribution in [0, 0.1) is 5.41 Å². The third kappa shape index (κ3) is 1.64. The van der Waals surface area contributed by atoms with Crippen molar-refractivity contribution in [2.45, 2.75) is 51.1 Å². The molecule has 0 heterocycles. The molecular weight excluding hydrogens is 148 g/mol. The van der Waals surface area contributed by atoms with Crippen molar-refractivity contribution in [3.63, 3.8) is 0 Å². The Morgan fingerprint density at radius 3 is 2.50 bits per heavy atom. The second-order valence-electron chi connectivity index (χ2n) is 4.66. The summed E-state index contributed by atoms with van der Waals surface area (Å²) in [5, 5.41) is 3.62. The molecule has 70 valence electrons. The molecule has 0 aromatic rings. The van der Waals surface area contributed by atoms with Crippen molar-refractivity contribution in [1.29, 1.82) is 0 Å². The third-order valence-corrected chi connectivity index (χ3v) is 3.65. The van der Waals surface area contributed by atoms with Crippen molar-refractivity contribution in [3.05, 3.63) is 0 Å². The van der Waals surface area contributed by atoms with Gasteiger partial charge in [0.05, 0.1) is 0 Å². The van der Waals surface area contributed by atoms with Crippen LogP contribution in [0.2, 0.25) is 0 Å². The van der Waals surface area contributed by atoms with E-state index in [2.05, 4.69) is 12.2 Å². The lowest BCUT2D eigenvalue weighted by Crippen LogP contribution is -2.49. The summed E-state index contributed by atoms with van der Waals surface area (Å²) in [7, 11) is 0. The molecule has 3 N–H and O–H groups in total. The topological polar surface area (TPSA) is 38.0 Å². The first-order valence-corrected chi connectivity index (χ1v) is 5.23. The molecule has 0 aromatic carbocycles. The van der Waals surface area contributed by atoms with Crippen molar-refractivity contribution in [2.75, 3.05) is 6.54 Å². The van der Waals surface area contributed by atoms with Crippen LogP contribution >= 0.6 is 0 Å². The minimum atomic E-state index is 0.485. The first-order chi connectivity index (χ1) is 5.74. The van der Waals surface area contributed by atoms with Gasteiger partial charge in [0, 0.05) is 18.6 Å². The van der Waals surface area contributed by atoms with E-state index in [1.165, 1.54) is 38.6 Å². The van der Waals surface area contributed by atoms with Crippen LogP contribution in [0.1, 0.15) is 39.0 Å². The van der Waals surface area contributed by atoms with Gasteiger partial charge in [0.1, 0.15) is 0 Å². The first kappa shape index (κ1) is 8.52. The normalized spacial score (nSPS) is 37.5. The maximum atomic E-state index is 5.72. The second kappa shape index (κ2) is 3.00. The summed E-state index contributed by atoms with van der Waals surface area (Å²) in [5.74, 6) is 0. The van der Waals surface area contributed by atoms with Crippen molar-refractivity contribution >= 4 is 0 Å². The van der Waals surface area contributed by atoms with Crippen LogP contribution < -0.4 is 11.1 Å². The Labute approximate surface area is 74.9 Å². The Morgan fingerprint density at radius 1 is 1.42 bits per heavy atom. The molecule has 2 saturated carbocycles. The highest BCUT2D eigenvalue weighted by atomic mass is 15.0. The van der Waals surface area contributed by atoms with Gasteiger partial charge in [-0.1, -0.05) is 6.92 Å². The maximum Gasteiger partial charge on any atom is 0.00967 e. The summed E-state index contributed by atoms with van der Waals surface area (Å²) < 4.78 is 0. The van der Waals surface area contributed by atoms with Crippen LogP contribution in [0.25, 0.3) is 0 Å². The molecule has 2 nitrogen and oxygen atoms in total. The molecule has 0 aromatic heterocycles. The standard InChI is InChI=1S/C10H20N2/c1-2-10(3-4-10)7-12-9-5-8(11)6-9/h8-9,12H,2-7,11H2,1H3. The Morgan fingerprint density at radius 2 is 2.08 bits per heavy atom. The van der Waals surface area contributed by atoms with Crippen molar-refractivity contribution < 1.29 is 0 Å². The molecule has 12 heavy (non-hydrogen) atoms. The fourth-order valence-electron chi connectivity index (χ4n) is 2.02. The molecule has 0 unspecified atom stereocenters. The zero-order valence-electron chi connectivity index (χ0n) is 7.97. The molecule has 2 fully saturated rings. The van der Waals surface area contributed by atoms with Crippen LogP contribution in [0.4, 0.5) is 0 Å². The molecule has 0 radical (unpaired) electrons. The highest BCUT2D eigenvalue weighted by molar-refractivity contribution is 4.96. The molecule has 0 bridgehead atoms. The zero-order chi connectivity index (χ0) is 8.60. The Bertz CT molecular complexity index is 157. The van der Waals surface area contributed by atoms with E-state index in [1.807, 2.05) is 0 Å². The van der Waals surface area contributed by atoms with Crippen molar-refractivity contribution in [2.24, 2.45) is 11.1 Å². The Kier molecular flexibility index (Phi) is 2.13. The maximum absolute atomic E-state index is 5.72. The minimum Gasteiger partial charge on any atom is -0.328 e. The van der Waals surface area contributed by atoms with Crippen LogP contribution in [-0.4, -0.2) is 18.6 Å². The van der Waals surface area contributed by atoms with E-state index >= 15 is 0 Å². The van der Waals surface area contributed by atoms with E-state index in [9.17, 15) is 0 Å². The monoisotopic (exact) mass is 168 g/mol. The predicted molar refractivity (Wildman–Crippen MR) is 51.0 cm³/mol. The molecule has 2 aliphatic carbocycles. The molecule has 0 saturated heterocycles. The zero-order valence-corrected chi connectivity index (χ0v) is 7.97. The second-order valence-corrected chi connectivity index (χ2v) is 4.66. The molecule has 0 aliphatic heterocycles. The summed E-state index contributed by atoms with van der Waals surface area (Å²) in [5.41, 5.74) is 6.41. The fraction of sp³-hybridized carbons (Fsp3) is 1.00. The van der Waals surface area contributed by atoms with Gasteiger partial charge in [0.15, 0.2) is 0 Å². The average Bonchev–Trinajstić information content (AvgIpc) is 2.77. The molecular formula is C10H20N2. The Hall–Kier alpha value is -0.0800. The SMILES string of the molecule is CCC1(CNC2CC(N)C2)CC1. The molecule has 2 rings (SSSR count). The quantitative estimate of drug-likeness (QED) is 0.663. The van der Waals surface area contributed by atoms with Crippen LogP contribution in [0.15, 0.2) is 0 Å². The van der Waals surface area contributed by atoms with Crippen LogP contribution in [0.5, 0.6) is 0 Å². The van der Waals surface area contributed by atoms with E-state index in [4.69, 9.17) is 5.73 Å². The van der Waals surface area contributed by atoms with Gasteiger partial charge in [-0.2, -0.15) is 0 Å². The lowest BCUT2D eigenvalue weighted by atomic mass is 9.87. The van der Waals surface area contributed by atoms with Gasteiger partial charge in [0.2, 0.25) is 0 Å². The van der Waals surface area contributed by atoms with Crippen molar-refractivity contribution in [3.8, 4) is 0 Å². The smallest absolute Gasteiger partial charge is 0.00967 e. The van der Waals surface area contributed by atoms with Gasteiger partial charge in [-0.15, -0.1) is 0 Å². The number of hydrogen-bond acceptors (Lipinski definition) is 2.